The van der Waals surface area contributed by atoms with Gasteiger partial charge in [0.25, 0.3) is 0 Å². The summed E-state index contributed by atoms with van der Waals surface area (Å²) in [5, 5.41) is 3.80. The Bertz CT molecular complexity index is 3250. The van der Waals surface area contributed by atoms with Gasteiger partial charge in [-0.25, -0.2) is 36.5 Å². The van der Waals surface area contributed by atoms with Crippen molar-refractivity contribution >= 4 is 67.8 Å². The minimum Gasteiger partial charge on any atom is -0.748 e. The van der Waals surface area contributed by atoms with Crippen molar-refractivity contribution in [1.82, 2.24) is 19.4 Å². The predicted octanol–water partition coefficient (Wildman–Crippen LogP) is 3.09. The van der Waals surface area contributed by atoms with E-state index in [1.54, 1.807) is 18.2 Å². The number of phosphoric ester groups is 1. The zero-order valence-corrected chi connectivity index (χ0v) is 42.2. The van der Waals surface area contributed by atoms with Gasteiger partial charge in [0, 0.05) is 56.7 Å². The van der Waals surface area contributed by atoms with Gasteiger partial charge in [0.2, 0.25) is 11.3 Å². The molecule has 7 rings (SSSR count). The Kier molecular flexibility index (Phi) is 14.8. The molecule has 2 aromatic carbocycles. The molecule has 3 aromatic rings. The fourth-order valence-electron chi connectivity index (χ4n) is 8.95. The Morgan fingerprint density at radius 2 is 1.77 bits per heavy atom. The van der Waals surface area contributed by atoms with E-state index < -0.39 is 69.5 Å². The summed E-state index contributed by atoms with van der Waals surface area (Å²) < 4.78 is 98.5. The lowest BCUT2D eigenvalue weighted by Gasteiger charge is -2.43. The van der Waals surface area contributed by atoms with Gasteiger partial charge in [-0.3, -0.25) is 13.9 Å². The lowest BCUT2D eigenvalue weighted by molar-refractivity contribution is -0.120. The number of likely N-dealkylation sites (N-methyl/N-ethyl adjacent to an activating group) is 1. The maximum Gasteiger partial charge on any atom is 0.490 e. The number of nitrogens with zero attached hydrogens (tertiary/aromatic N) is 5. The van der Waals surface area contributed by atoms with Crippen LogP contribution in [0.15, 0.2) is 52.4 Å². The van der Waals surface area contributed by atoms with E-state index in [0.29, 0.717) is 52.0 Å². The maximum absolute atomic E-state index is 13.1. The quantitative estimate of drug-likeness (QED) is 0.0406. The van der Waals surface area contributed by atoms with Crippen LogP contribution >= 0.6 is 23.5 Å². The SMILES string of the molecule is CCN1c2cc3c(cc2C(C)=CC1(C)C)N=c1cc2c(cc1O3)=[N+](CCCC(=O)NCC#Cc1cn([C@H]3CC[C@@H](COP(=O)(O)OP(=O)(O)OP(=O)(O)O)O3)c(=O)nc1N)C(C)(C)C=C2CS(=O)(=O)[O-]. The van der Waals surface area contributed by atoms with Crippen molar-refractivity contribution in [2.24, 2.45) is 4.99 Å². The van der Waals surface area contributed by atoms with Crippen LogP contribution in [-0.4, -0.2) is 97.2 Å². The van der Waals surface area contributed by atoms with Gasteiger partial charge in [-0.2, -0.15) is 13.6 Å². The Hall–Kier alpha value is -4.89. The van der Waals surface area contributed by atoms with Crippen LogP contribution < -0.4 is 41.7 Å². The number of ether oxygens (including phenoxy) is 2. The third kappa shape index (κ3) is 12.4. The fourth-order valence-corrected chi connectivity index (χ4v) is 12.6. The second-order valence-electron chi connectivity index (χ2n) is 17.9. The molecular weight excluding hydrogens is 999 g/mol. The number of aromatic nitrogens is 2. The summed E-state index contributed by atoms with van der Waals surface area (Å²) in [5.41, 5.74) is 8.82. The van der Waals surface area contributed by atoms with Gasteiger partial charge in [0.05, 0.1) is 57.9 Å². The summed E-state index contributed by atoms with van der Waals surface area (Å²) in [6.07, 6.45) is 4.03. The molecule has 2 unspecified atom stereocenters. The van der Waals surface area contributed by atoms with E-state index in [1.165, 1.54) is 6.20 Å². The topological polar surface area (TPSA) is 344 Å². The molecule has 70 heavy (non-hydrogen) atoms. The number of nitrogen functional groups attached to an aromatic ring is 1. The molecule has 0 bridgehead atoms. The first-order valence-electron chi connectivity index (χ1n) is 21.7. The second-order valence-corrected chi connectivity index (χ2v) is 23.7. The highest BCUT2D eigenvalue weighted by atomic mass is 32.2. The standard InChI is InChI=1S/C42H52N7O17P3S/c1-7-48-33-18-35-31(16-29(33)25(2)20-41(48,3)4)45-32-17-30-27(24-70(59,60)61)21-42(5,6)49(34(30)19-36(32)64-35)15-9-11-37(50)44-14-8-10-26-22-47(40(51)46-39(26)43)38-13-12-28(63-38)23-62-68(55,56)66-69(57,58)65-67(52,53)54/h16-22,28,38H,7,9,11-15,23-24H2,1-6H3,(H7-,43,44,46,50,51,52,53,54,55,56,57,58,59,60,61)/t28-,38+/m0/s1. The van der Waals surface area contributed by atoms with Crippen molar-refractivity contribution in [2.75, 3.05) is 42.6 Å². The first-order chi connectivity index (χ1) is 32.4. The molecule has 4 aliphatic rings. The predicted molar refractivity (Wildman–Crippen MR) is 252 cm³/mol. The van der Waals surface area contributed by atoms with Gasteiger partial charge < -0.3 is 49.6 Å². The van der Waals surface area contributed by atoms with E-state index in [-0.39, 0.29) is 48.6 Å². The van der Waals surface area contributed by atoms with Crippen LogP contribution in [0.25, 0.3) is 11.1 Å². The molecule has 5 heterocycles. The van der Waals surface area contributed by atoms with Crippen LogP contribution in [0, 0.1) is 11.8 Å². The number of rotatable bonds is 16. The molecule has 1 fully saturated rings. The molecule has 0 saturated carbocycles. The number of fused-ring (bicyclic) bond motifs is 4. The molecule has 4 aliphatic heterocycles. The molecule has 0 spiro atoms. The zero-order valence-electron chi connectivity index (χ0n) is 38.7. The number of hydrogen-bond acceptors (Lipinski definition) is 17. The number of nitrogens with one attached hydrogen (secondary N) is 1. The Labute approximate surface area is 401 Å². The Balaban J connectivity index is 1.01. The monoisotopic (exact) mass is 1050 g/mol. The second kappa shape index (κ2) is 19.6. The number of phosphoric acid groups is 3. The normalized spacial score (nSPS) is 20.6. The smallest absolute Gasteiger partial charge is 0.490 e. The maximum atomic E-state index is 13.1. The molecule has 0 radical (unpaired) electrons. The van der Waals surface area contributed by atoms with E-state index in [9.17, 15) is 46.0 Å². The third-order valence-corrected chi connectivity index (χ3v) is 16.2. The summed E-state index contributed by atoms with van der Waals surface area (Å²) in [5.74, 6) is 5.25. The molecule has 1 aromatic heterocycles. The lowest BCUT2D eigenvalue weighted by Crippen LogP contribution is -2.50. The van der Waals surface area contributed by atoms with Crippen LogP contribution in [0.3, 0.4) is 0 Å². The minimum atomic E-state index is -5.72. The van der Waals surface area contributed by atoms with E-state index in [0.717, 1.165) is 27.9 Å². The number of carbonyl (C=O) groups is 1. The summed E-state index contributed by atoms with van der Waals surface area (Å²) in [6, 6.07) is 7.51. The van der Waals surface area contributed by atoms with Crippen molar-refractivity contribution in [3.8, 4) is 23.3 Å². The van der Waals surface area contributed by atoms with Crippen molar-refractivity contribution in [3.63, 3.8) is 0 Å². The number of anilines is 2. The van der Waals surface area contributed by atoms with Crippen molar-refractivity contribution in [3.05, 3.63) is 80.5 Å². The average Bonchev–Trinajstić information content (AvgIpc) is 3.68. The first kappa shape index (κ1) is 52.9. The van der Waals surface area contributed by atoms with E-state index in [2.05, 4.69) is 74.0 Å². The van der Waals surface area contributed by atoms with Crippen molar-refractivity contribution in [1.29, 1.82) is 0 Å². The molecule has 28 heteroatoms. The van der Waals surface area contributed by atoms with Gasteiger partial charge in [-0.15, -0.1) is 0 Å². The van der Waals surface area contributed by atoms with Gasteiger partial charge in [0.15, 0.2) is 17.0 Å². The molecule has 1 amide bonds. The van der Waals surface area contributed by atoms with Crippen LogP contribution in [0.4, 0.5) is 17.2 Å². The highest BCUT2D eigenvalue weighted by Crippen LogP contribution is 2.66. The number of nitrogens with two attached hydrogens (primary N) is 1. The molecule has 378 valence electrons. The van der Waals surface area contributed by atoms with Crippen LogP contribution in [0.1, 0.15) is 90.1 Å². The molecule has 1 saturated heterocycles. The van der Waals surface area contributed by atoms with Crippen molar-refractivity contribution < 1.29 is 73.7 Å². The number of amides is 1. The van der Waals surface area contributed by atoms with Crippen LogP contribution in [-0.2, 0) is 46.5 Å². The van der Waals surface area contributed by atoms with Crippen LogP contribution in [0.5, 0.6) is 11.5 Å². The number of hydrogen-bond donors (Lipinski definition) is 6. The van der Waals surface area contributed by atoms with E-state index in [1.807, 2.05) is 30.6 Å². The Morgan fingerprint density at radius 3 is 2.46 bits per heavy atom. The molecule has 4 atom stereocenters. The molecule has 7 N–H and O–H groups in total. The van der Waals surface area contributed by atoms with Gasteiger partial charge in [-0.05, 0) is 69.9 Å². The van der Waals surface area contributed by atoms with E-state index >= 15 is 0 Å². The highest BCUT2D eigenvalue weighted by Gasteiger charge is 2.42. The summed E-state index contributed by atoms with van der Waals surface area (Å²) in [6.45, 7) is 12.5. The summed E-state index contributed by atoms with van der Waals surface area (Å²) >= 11 is 0. The molecule has 0 aliphatic carbocycles. The third-order valence-electron chi connectivity index (χ3n) is 11.7. The minimum absolute atomic E-state index is 0.0688. The highest BCUT2D eigenvalue weighted by molar-refractivity contribution is 7.86. The first-order valence-corrected chi connectivity index (χ1v) is 27.8. The van der Waals surface area contributed by atoms with Gasteiger partial charge >= 0.3 is 29.2 Å². The van der Waals surface area contributed by atoms with Gasteiger partial charge in [-0.1, -0.05) is 17.9 Å². The Morgan fingerprint density at radius 1 is 1.04 bits per heavy atom. The van der Waals surface area contributed by atoms with Crippen LogP contribution in [0.2, 0.25) is 0 Å². The number of carbonyl (C=O) groups excluding carboxylic acids is 1. The largest absolute Gasteiger partial charge is 0.748 e. The molecule has 24 nitrogen and oxygen atoms in total. The van der Waals surface area contributed by atoms with E-state index in [4.69, 9.17) is 30.0 Å². The average molecular weight is 1050 g/mol. The molecular formula is C42H52N7O17P3S. The summed E-state index contributed by atoms with van der Waals surface area (Å²) in [4.78, 5) is 73.3. The number of allylic oxidation sites excluding steroid dienone is 1. The van der Waals surface area contributed by atoms with Crippen molar-refractivity contribution in [2.45, 2.75) is 90.6 Å². The lowest BCUT2D eigenvalue weighted by atomic mass is 9.88. The fraction of sp³-hybridized carbons (Fsp3) is 0.452. The number of benzene rings is 2. The summed E-state index contributed by atoms with van der Waals surface area (Å²) in [7, 11) is -21.4. The van der Waals surface area contributed by atoms with Gasteiger partial charge in [0.1, 0.15) is 29.6 Å². The zero-order chi connectivity index (χ0) is 51.4.